The summed E-state index contributed by atoms with van der Waals surface area (Å²) in [5.74, 6) is 0.887. The number of ether oxygens (including phenoxy) is 1. The minimum Gasteiger partial charge on any atom is -0.491 e. The Morgan fingerprint density at radius 1 is 1.56 bits per heavy atom. The van der Waals surface area contributed by atoms with Crippen molar-refractivity contribution in [2.45, 2.75) is 31.8 Å². The minimum atomic E-state index is 0.672. The fourth-order valence-corrected chi connectivity index (χ4v) is 1.48. The van der Waals surface area contributed by atoms with Gasteiger partial charge in [-0.2, -0.15) is 0 Å². The first-order chi connectivity index (χ1) is 7.90. The SMILES string of the molecule is C=CCCOc1cnccc1CNC1CC1. The lowest BCUT2D eigenvalue weighted by Crippen LogP contribution is -2.16. The van der Waals surface area contributed by atoms with Gasteiger partial charge in [0.2, 0.25) is 0 Å². The van der Waals surface area contributed by atoms with E-state index in [0.29, 0.717) is 12.6 Å². The Labute approximate surface area is 96.5 Å². The summed E-state index contributed by atoms with van der Waals surface area (Å²) in [5, 5.41) is 3.48. The van der Waals surface area contributed by atoms with Gasteiger partial charge >= 0.3 is 0 Å². The molecule has 1 aliphatic rings. The molecule has 1 aromatic rings. The second kappa shape index (κ2) is 5.66. The highest BCUT2D eigenvalue weighted by molar-refractivity contribution is 5.29. The minimum absolute atomic E-state index is 0.672. The fraction of sp³-hybridized carbons (Fsp3) is 0.462. The Bertz CT molecular complexity index is 348. The topological polar surface area (TPSA) is 34.1 Å². The van der Waals surface area contributed by atoms with Gasteiger partial charge in [-0.25, -0.2) is 0 Å². The average molecular weight is 218 g/mol. The average Bonchev–Trinajstić information content (AvgIpc) is 3.12. The van der Waals surface area contributed by atoms with Crippen LogP contribution in [-0.4, -0.2) is 17.6 Å². The number of aromatic nitrogens is 1. The molecule has 16 heavy (non-hydrogen) atoms. The molecule has 1 fully saturated rings. The van der Waals surface area contributed by atoms with Gasteiger partial charge in [0.1, 0.15) is 5.75 Å². The van der Waals surface area contributed by atoms with Crippen LogP contribution in [-0.2, 0) is 6.54 Å². The Kier molecular flexibility index (Phi) is 3.94. The second-order valence-electron chi connectivity index (χ2n) is 4.06. The van der Waals surface area contributed by atoms with E-state index in [0.717, 1.165) is 18.7 Å². The first-order valence-electron chi connectivity index (χ1n) is 5.80. The lowest BCUT2D eigenvalue weighted by molar-refractivity contribution is 0.319. The first kappa shape index (κ1) is 11.1. The molecule has 1 heterocycles. The molecular formula is C13H18N2O. The molecule has 86 valence electrons. The van der Waals surface area contributed by atoms with Crippen LogP contribution in [0.4, 0.5) is 0 Å². The summed E-state index contributed by atoms with van der Waals surface area (Å²) in [6.07, 6.45) is 8.93. The van der Waals surface area contributed by atoms with Gasteiger partial charge in [0.05, 0.1) is 12.8 Å². The summed E-state index contributed by atoms with van der Waals surface area (Å²) in [4.78, 5) is 4.09. The van der Waals surface area contributed by atoms with Gasteiger partial charge in [0.25, 0.3) is 0 Å². The predicted molar refractivity (Wildman–Crippen MR) is 64.4 cm³/mol. The summed E-state index contributed by atoms with van der Waals surface area (Å²) in [5.41, 5.74) is 1.19. The third-order valence-electron chi connectivity index (χ3n) is 2.61. The van der Waals surface area contributed by atoms with Crippen molar-refractivity contribution in [3.8, 4) is 5.75 Å². The molecule has 0 unspecified atom stereocenters. The molecule has 1 aromatic heterocycles. The van der Waals surface area contributed by atoms with Crippen molar-refractivity contribution in [2.24, 2.45) is 0 Å². The maximum Gasteiger partial charge on any atom is 0.142 e. The standard InChI is InChI=1S/C13H18N2O/c1-2-3-8-16-13-10-14-7-6-11(13)9-15-12-4-5-12/h2,6-7,10,12,15H,1,3-5,8-9H2. The molecule has 1 aliphatic carbocycles. The van der Waals surface area contributed by atoms with Crippen molar-refractivity contribution in [1.82, 2.24) is 10.3 Å². The number of pyridine rings is 1. The van der Waals surface area contributed by atoms with E-state index in [-0.39, 0.29) is 0 Å². The van der Waals surface area contributed by atoms with Crippen LogP contribution in [0, 0.1) is 0 Å². The maximum absolute atomic E-state index is 5.66. The number of hydrogen-bond acceptors (Lipinski definition) is 3. The van der Waals surface area contributed by atoms with Gasteiger partial charge < -0.3 is 10.1 Å². The van der Waals surface area contributed by atoms with Crippen molar-refractivity contribution >= 4 is 0 Å². The highest BCUT2D eigenvalue weighted by Crippen LogP contribution is 2.22. The molecule has 0 aliphatic heterocycles. The van der Waals surface area contributed by atoms with Gasteiger partial charge in [0.15, 0.2) is 0 Å². The molecule has 0 atom stereocenters. The molecule has 3 heteroatoms. The van der Waals surface area contributed by atoms with Crippen molar-refractivity contribution in [1.29, 1.82) is 0 Å². The third kappa shape index (κ3) is 3.35. The van der Waals surface area contributed by atoms with Crippen molar-refractivity contribution < 1.29 is 4.74 Å². The van der Waals surface area contributed by atoms with Gasteiger partial charge in [-0.1, -0.05) is 6.08 Å². The largest absolute Gasteiger partial charge is 0.491 e. The molecule has 0 saturated heterocycles. The van der Waals surface area contributed by atoms with Crippen molar-refractivity contribution in [2.75, 3.05) is 6.61 Å². The van der Waals surface area contributed by atoms with Crippen LogP contribution in [0.5, 0.6) is 5.75 Å². The summed E-state index contributed by atoms with van der Waals surface area (Å²) in [6, 6.07) is 2.73. The summed E-state index contributed by atoms with van der Waals surface area (Å²) >= 11 is 0. The molecule has 0 spiro atoms. The zero-order chi connectivity index (χ0) is 11.2. The summed E-state index contributed by atoms with van der Waals surface area (Å²) in [6.45, 7) is 5.22. The van der Waals surface area contributed by atoms with E-state index >= 15 is 0 Å². The van der Waals surface area contributed by atoms with Crippen LogP contribution in [0.1, 0.15) is 24.8 Å². The van der Waals surface area contributed by atoms with E-state index in [1.807, 2.05) is 18.3 Å². The third-order valence-corrected chi connectivity index (χ3v) is 2.61. The Balaban J connectivity index is 1.89. The molecule has 1 saturated carbocycles. The van der Waals surface area contributed by atoms with Crippen LogP contribution in [0.15, 0.2) is 31.1 Å². The quantitative estimate of drug-likeness (QED) is 0.563. The summed E-state index contributed by atoms with van der Waals surface area (Å²) in [7, 11) is 0. The Morgan fingerprint density at radius 2 is 2.44 bits per heavy atom. The number of nitrogens with one attached hydrogen (secondary N) is 1. The molecule has 0 aromatic carbocycles. The van der Waals surface area contributed by atoms with E-state index in [4.69, 9.17) is 4.74 Å². The first-order valence-corrected chi connectivity index (χ1v) is 5.80. The monoisotopic (exact) mass is 218 g/mol. The smallest absolute Gasteiger partial charge is 0.142 e. The molecular weight excluding hydrogens is 200 g/mol. The second-order valence-corrected chi connectivity index (χ2v) is 4.06. The molecule has 1 N–H and O–H groups in total. The van der Waals surface area contributed by atoms with Crippen LogP contribution < -0.4 is 10.1 Å². The van der Waals surface area contributed by atoms with Gasteiger partial charge in [0, 0.05) is 24.3 Å². The number of hydrogen-bond donors (Lipinski definition) is 1. The van der Waals surface area contributed by atoms with E-state index < -0.39 is 0 Å². The highest BCUT2D eigenvalue weighted by atomic mass is 16.5. The fourth-order valence-electron chi connectivity index (χ4n) is 1.48. The maximum atomic E-state index is 5.66. The van der Waals surface area contributed by atoms with Crippen molar-refractivity contribution in [3.63, 3.8) is 0 Å². The van der Waals surface area contributed by atoms with Crippen LogP contribution in [0.25, 0.3) is 0 Å². The molecule has 2 rings (SSSR count). The van der Waals surface area contributed by atoms with E-state index in [1.165, 1.54) is 18.4 Å². The zero-order valence-corrected chi connectivity index (χ0v) is 9.48. The van der Waals surface area contributed by atoms with Crippen LogP contribution >= 0.6 is 0 Å². The zero-order valence-electron chi connectivity index (χ0n) is 9.48. The van der Waals surface area contributed by atoms with Crippen LogP contribution in [0.2, 0.25) is 0 Å². The van der Waals surface area contributed by atoms with Gasteiger partial charge in [-0.3, -0.25) is 4.98 Å². The lowest BCUT2D eigenvalue weighted by atomic mass is 10.2. The predicted octanol–water partition coefficient (Wildman–Crippen LogP) is 2.29. The molecule has 3 nitrogen and oxygen atoms in total. The van der Waals surface area contributed by atoms with Gasteiger partial charge in [-0.15, -0.1) is 6.58 Å². The Hall–Kier alpha value is -1.35. The van der Waals surface area contributed by atoms with E-state index in [2.05, 4.69) is 16.9 Å². The number of rotatable bonds is 7. The van der Waals surface area contributed by atoms with Gasteiger partial charge in [-0.05, 0) is 25.3 Å². The Morgan fingerprint density at radius 3 is 3.19 bits per heavy atom. The van der Waals surface area contributed by atoms with E-state index in [9.17, 15) is 0 Å². The van der Waals surface area contributed by atoms with E-state index in [1.54, 1.807) is 6.20 Å². The van der Waals surface area contributed by atoms with Crippen LogP contribution in [0.3, 0.4) is 0 Å². The molecule has 0 bridgehead atoms. The van der Waals surface area contributed by atoms with Crippen molar-refractivity contribution in [3.05, 3.63) is 36.7 Å². The molecule has 0 amide bonds. The number of nitrogens with zero attached hydrogens (tertiary/aromatic N) is 1. The molecule has 0 radical (unpaired) electrons. The summed E-state index contributed by atoms with van der Waals surface area (Å²) < 4.78 is 5.66. The lowest BCUT2D eigenvalue weighted by Gasteiger charge is -2.10. The normalized spacial score (nSPS) is 14.8. The highest BCUT2D eigenvalue weighted by Gasteiger charge is 2.20.